The molecule has 0 radical (unpaired) electrons. The summed E-state index contributed by atoms with van der Waals surface area (Å²) in [5.41, 5.74) is 0.518. The Morgan fingerprint density at radius 2 is 1.74 bits per heavy atom. The number of amides is 4. The largest absolute Gasteiger partial charge is 0.463 e. The molecule has 0 N–H and O–H groups in total. The van der Waals surface area contributed by atoms with Crippen LogP contribution in [0.15, 0.2) is 24.3 Å². The van der Waals surface area contributed by atoms with Gasteiger partial charge in [-0.3, -0.25) is 38.7 Å². The van der Waals surface area contributed by atoms with E-state index >= 15 is 0 Å². The highest BCUT2D eigenvalue weighted by molar-refractivity contribution is 6.23. The van der Waals surface area contributed by atoms with Crippen molar-refractivity contribution >= 4 is 29.6 Å². The quantitative estimate of drug-likeness (QED) is 0.489. The molecule has 3 aliphatic heterocycles. The van der Waals surface area contributed by atoms with Crippen LogP contribution in [0, 0.1) is 0 Å². The lowest BCUT2D eigenvalue weighted by Gasteiger charge is -2.34. The van der Waals surface area contributed by atoms with Gasteiger partial charge in [-0.1, -0.05) is 19.1 Å². The topological polar surface area (TPSA) is 104 Å². The molecule has 1 unspecified atom stereocenters. The summed E-state index contributed by atoms with van der Waals surface area (Å²) in [7, 11) is 0. The number of carbonyl (C=O) groups is 5. The maximum atomic E-state index is 13.0. The van der Waals surface area contributed by atoms with Crippen molar-refractivity contribution in [2.45, 2.75) is 44.7 Å². The summed E-state index contributed by atoms with van der Waals surface area (Å²) in [5, 5.41) is 0. The van der Waals surface area contributed by atoms with E-state index in [2.05, 4.69) is 0 Å². The standard InChI is InChI=1S/C22H25N3O6/c1-2-23-11-5-8-17(23)22(30)31-13-12-24-18(26)10-9-16(21(24)29)25-19(27)14-6-3-4-7-15(14)20(25)28/h3-4,6-7,16-17H,2,5,8-13H2,1H3/t16-,17?/m0/s1. The highest BCUT2D eigenvalue weighted by Gasteiger charge is 2.46. The van der Waals surface area contributed by atoms with Gasteiger partial charge in [-0.15, -0.1) is 0 Å². The number of piperidine rings is 1. The SMILES string of the molecule is CCN1CCCC1C(=O)OCCN1C(=O)CC[C@H](N2C(=O)c3ccccc3C2=O)C1=O. The summed E-state index contributed by atoms with van der Waals surface area (Å²) in [6.07, 6.45) is 1.78. The van der Waals surface area contributed by atoms with Gasteiger partial charge >= 0.3 is 5.97 Å². The van der Waals surface area contributed by atoms with Crippen LogP contribution in [0.1, 0.15) is 53.3 Å². The Labute approximate surface area is 179 Å². The first kappa shape index (κ1) is 21.2. The molecule has 9 nitrogen and oxygen atoms in total. The van der Waals surface area contributed by atoms with Crippen LogP contribution in [0.25, 0.3) is 0 Å². The molecule has 4 rings (SSSR count). The minimum Gasteiger partial charge on any atom is -0.463 e. The molecule has 31 heavy (non-hydrogen) atoms. The molecule has 0 spiro atoms. The molecular formula is C22H25N3O6. The van der Waals surface area contributed by atoms with Gasteiger partial charge in [0.1, 0.15) is 18.7 Å². The second kappa shape index (κ2) is 8.58. The summed E-state index contributed by atoms with van der Waals surface area (Å²) in [6.45, 7) is 3.38. The normalized spacial score (nSPS) is 24.2. The van der Waals surface area contributed by atoms with E-state index in [9.17, 15) is 24.0 Å². The van der Waals surface area contributed by atoms with Crippen molar-refractivity contribution in [3.8, 4) is 0 Å². The van der Waals surface area contributed by atoms with Crippen LogP contribution in [0.5, 0.6) is 0 Å². The van der Waals surface area contributed by atoms with Crippen LogP contribution in [-0.2, 0) is 19.1 Å². The van der Waals surface area contributed by atoms with Crippen molar-refractivity contribution in [3.05, 3.63) is 35.4 Å². The molecule has 164 valence electrons. The number of imide groups is 2. The Hall–Kier alpha value is -3.07. The van der Waals surface area contributed by atoms with Crippen LogP contribution in [0.3, 0.4) is 0 Å². The fraction of sp³-hybridized carbons (Fsp3) is 0.500. The minimum atomic E-state index is -1.04. The van der Waals surface area contributed by atoms with Crippen LogP contribution in [0.2, 0.25) is 0 Å². The van der Waals surface area contributed by atoms with Crippen LogP contribution < -0.4 is 0 Å². The molecule has 0 aromatic heterocycles. The Morgan fingerprint density at radius 1 is 1.06 bits per heavy atom. The molecule has 2 atom stereocenters. The first-order valence-corrected chi connectivity index (χ1v) is 10.7. The highest BCUT2D eigenvalue weighted by Crippen LogP contribution is 2.29. The van der Waals surface area contributed by atoms with Gasteiger partial charge < -0.3 is 4.74 Å². The lowest BCUT2D eigenvalue weighted by Crippen LogP contribution is -2.56. The van der Waals surface area contributed by atoms with Gasteiger partial charge in [0.2, 0.25) is 5.91 Å². The number of hydrogen-bond acceptors (Lipinski definition) is 7. The van der Waals surface area contributed by atoms with Gasteiger partial charge in [0, 0.05) is 6.42 Å². The van der Waals surface area contributed by atoms with Gasteiger partial charge in [0.05, 0.1) is 17.7 Å². The van der Waals surface area contributed by atoms with Crippen LogP contribution >= 0.6 is 0 Å². The van der Waals surface area contributed by atoms with Gasteiger partial charge in [-0.25, -0.2) is 0 Å². The summed E-state index contributed by atoms with van der Waals surface area (Å²) in [5.74, 6) is -2.42. The van der Waals surface area contributed by atoms with Crippen LogP contribution in [-0.4, -0.2) is 82.6 Å². The molecule has 0 aliphatic carbocycles. The maximum absolute atomic E-state index is 13.0. The van der Waals surface area contributed by atoms with E-state index in [-0.39, 0.29) is 49.1 Å². The fourth-order valence-electron chi connectivity index (χ4n) is 4.59. The smallest absolute Gasteiger partial charge is 0.323 e. The lowest BCUT2D eigenvalue weighted by atomic mass is 10.0. The summed E-state index contributed by atoms with van der Waals surface area (Å²) in [6, 6.07) is 5.09. The maximum Gasteiger partial charge on any atom is 0.323 e. The molecular weight excluding hydrogens is 402 g/mol. The number of esters is 1. The second-order valence-corrected chi connectivity index (χ2v) is 7.92. The number of likely N-dealkylation sites (tertiary alicyclic amines) is 2. The van der Waals surface area contributed by atoms with Gasteiger partial charge in [-0.05, 0) is 44.5 Å². The minimum absolute atomic E-state index is 0.0317. The number of fused-ring (bicyclic) bond motifs is 1. The van der Waals surface area contributed by atoms with Crippen molar-refractivity contribution in [2.24, 2.45) is 0 Å². The Kier molecular flexibility index (Phi) is 5.86. The van der Waals surface area contributed by atoms with E-state index < -0.39 is 29.7 Å². The first-order valence-electron chi connectivity index (χ1n) is 10.7. The van der Waals surface area contributed by atoms with E-state index in [4.69, 9.17) is 4.74 Å². The number of carbonyl (C=O) groups excluding carboxylic acids is 5. The van der Waals surface area contributed by atoms with Gasteiger partial charge in [0.25, 0.3) is 17.7 Å². The fourth-order valence-corrected chi connectivity index (χ4v) is 4.59. The average molecular weight is 427 g/mol. The van der Waals surface area contributed by atoms with E-state index in [0.29, 0.717) is 0 Å². The Bertz CT molecular complexity index is 910. The molecule has 2 fully saturated rings. The number of rotatable bonds is 6. The molecule has 3 aliphatic rings. The third-order valence-electron chi connectivity index (χ3n) is 6.22. The first-order chi connectivity index (χ1) is 14.9. The molecule has 1 aromatic rings. The average Bonchev–Trinajstić information content (AvgIpc) is 3.35. The van der Waals surface area contributed by atoms with Gasteiger partial charge in [-0.2, -0.15) is 0 Å². The molecule has 0 bridgehead atoms. The van der Waals surface area contributed by atoms with Crippen molar-refractivity contribution in [1.82, 2.24) is 14.7 Å². The monoisotopic (exact) mass is 427 g/mol. The number of ether oxygens (including phenoxy) is 1. The molecule has 3 heterocycles. The zero-order valence-corrected chi connectivity index (χ0v) is 17.4. The second-order valence-electron chi connectivity index (χ2n) is 7.92. The third-order valence-corrected chi connectivity index (χ3v) is 6.22. The Morgan fingerprint density at radius 3 is 2.39 bits per heavy atom. The zero-order valence-electron chi connectivity index (χ0n) is 17.4. The Balaban J connectivity index is 1.40. The zero-order chi connectivity index (χ0) is 22.1. The summed E-state index contributed by atoms with van der Waals surface area (Å²) in [4.78, 5) is 67.1. The molecule has 2 saturated heterocycles. The molecule has 9 heteroatoms. The highest BCUT2D eigenvalue weighted by atomic mass is 16.5. The predicted octanol–water partition coefficient (Wildman–Crippen LogP) is 0.828. The third kappa shape index (κ3) is 3.74. The predicted molar refractivity (Wildman–Crippen MR) is 108 cm³/mol. The molecule has 0 saturated carbocycles. The van der Waals surface area contributed by atoms with Crippen molar-refractivity contribution < 1.29 is 28.7 Å². The summed E-state index contributed by atoms with van der Waals surface area (Å²) < 4.78 is 5.34. The van der Waals surface area contributed by atoms with Crippen molar-refractivity contribution in [3.63, 3.8) is 0 Å². The molecule has 1 aromatic carbocycles. The number of nitrogens with zero attached hydrogens (tertiary/aromatic N) is 3. The summed E-state index contributed by atoms with van der Waals surface area (Å²) >= 11 is 0. The molecule has 4 amide bonds. The van der Waals surface area contributed by atoms with Gasteiger partial charge in [0.15, 0.2) is 0 Å². The van der Waals surface area contributed by atoms with Crippen LogP contribution in [0.4, 0.5) is 0 Å². The number of likely N-dealkylation sites (N-methyl/N-ethyl adjacent to an activating group) is 1. The van der Waals surface area contributed by atoms with E-state index in [0.717, 1.165) is 35.7 Å². The van der Waals surface area contributed by atoms with Crippen molar-refractivity contribution in [1.29, 1.82) is 0 Å². The van der Waals surface area contributed by atoms with E-state index in [1.165, 1.54) is 0 Å². The van der Waals surface area contributed by atoms with Crippen molar-refractivity contribution in [2.75, 3.05) is 26.2 Å². The number of benzene rings is 1. The van der Waals surface area contributed by atoms with E-state index in [1.807, 2.05) is 11.8 Å². The van der Waals surface area contributed by atoms with E-state index in [1.54, 1.807) is 24.3 Å². The number of hydrogen-bond donors (Lipinski definition) is 0. The lowest BCUT2D eigenvalue weighted by molar-refractivity contribution is -0.157.